The number of imidazole rings is 1. The Kier molecular flexibility index (Phi) is 3.14. The van der Waals surface area contributed by atoms with E-state index in [1.165, 1.54) is 11.3 Å². The molecule has 5 heteroatoms. The van der Waals surface area contributed by atoms with Crippen LogP contribution in [0.3, 0.4) is 0 Å². The number of aromatic nitrogens is 2. The Morgan fingerprint density at radius 3 is 3.20 bits per heavy atom. The first-order valence-electron chi connectivity index (χ1n) is 4.66. The van der Waals surface area contributed by atoms with E-state index in [9.17, 15) is 4.79 Å². The third-order valence-corrected chi connectivity index (χ3v) is 2.82. The number of hydrogen-bond acceptors (Lipinski definition) is 3. The second-order valence-corrected chi connectivity index (χ2v) is 3.97. The van der Waals surface area contributed by atoms with Crippen molar-refractivity contribution in [2.24, 2.45) is 0 Å². The molecule has 0 saturated carbocycles. The molecule has 78 valence electrons. The first-order valence-corrected chi connectivity index (χ1v) is 5.54. The second-order valence-electron chi connectivity index (χ2n) is 3.02. The zero-order chi connectivity index (χ0) is 10.5. The van der Waals surface area contributed by atoms with Gasteiger partial charge in [-0.1, -0.05) is 6.07 Å². The van der Waals surface area contributed by atoms with Crippen molar-refractivity contribution in [2.75, 3.05) is 6.54 Å². The first-order chi connectivity index (χ1) is 7.36. The Morgan fingerprint density at radius 2 is 2.53 bits per heavy atom. The Morgan fingerprint density at radius 1 is 1.60 bits per heavy atom. The summed E-state index contributed by atoms with van der Waals surface area (Å²) in [6, 6.07) is 3.68. The van der Waals surface area contributed by atoms with Crippen molar-refractivity contribution in [1.29, 1.82) is 0 Å². The number of hydrogen-bond donors (Lipinski definition) is 2. The van der Waals surface area contributed by atoms with Gasteiger partial charge in [-0.05, 0) is 11.4 Å². The maximum atomic E-state index is 11.5. The molecular weight excluding hydrogens is 210 g/mol. The number of rotatable bonds is 4. The summed E-state index contributed by atoms with van der Waals surface area (Å²) in [5, 5.41) is 4.73. The lowest BCUT2D eigenvalue weighted by molar-refractivity contribution is 0.0958. The standard InChI is InChI=1S/C10H11N3OS/c14-10(8-2-1-7-15-8)13-4-3-9-11-5-6-12-9/h1-2,5-7H,3-4H2,(H,11,12)(H,13,14). The molecule has 0 saturated heterocycles. The highest BCUT2D eigenvalue weighted by Crippen LogP contribution is 2.07. The van der Waals surface area contributed by atoms with Gasteiger partial charge in [-0.2, -0.15) is 0 Å². The molecule has 15 heavy (non-hydrogen) atoms. The van der Waals surface area contributed by atoms with E-state index in [1.54, 1.807) is 12.4 Å². The van der Waals surface area contributed by atoms with Gasteiger partial charge in [0.05, 0.1) is 4.88 Å². The van der Waals surface area contributed by atoms with Crippen LogP contribution >= 0.6 is 11.3 Å². The molecule has 0 aliphatic carbocycles. The van der Waals surface area contributed by atoms with Gasteiger partial charge in [0.2, 0.25) is 0 Å². The summed E-state index contributed by atoms with van der Waals surface area (Å²) in [4.78, 5) is 19.3. The average Bonchev–Trinajstić information content (AvgIpc) is 2.90. The fourth-order valence-corrected chi connectivity index (χ4v) is 1.86. The van der Waals surface area contributed by atoms with Gasteiger partial charge in [0.15, 0.2) is 0 Å². The largest absolute Gasteiger partial charge is 0.351 e. The van der Waals surface area contributed by atoms with Crippen LogP contribution in [0, 0.1) is 0 Å². The minimum absolute atomic E-state index is 0.0171. The molecule has 0 aliphatic rings. The fraction of sp³-hybridized carbons (Fsp3) is 0.200. The summed E-state index contributed by atoms with van der Waals surface area (Å²) in [5.41, 5.74) is 0. The van der Waals surface area contributed by atoms with Gasteiger partial charge in [-0.15, -0.1) is 11.3 Å². The Hall–Kier alpha value is -1.62. The van der Waals surface area contributed by atoms with Crippen LogP contribution in [-0.2, 0) is 6.42 Å². The Bertz CT molecular complexity index is 408. The van der Waals surface area contributed by atoms with E-state index in [0.29, 0.717) is 6.54 Å². The molecule has 0 aromatic carbocycles. The SMILES string of the molecule is O=C(NCCc1ncc[nH]1)c1cccs1. The van der Waals surface area contributed by atoms with Crippen LogP contribution in [0.5, 0.6) is 0 Å². The van der Waals surface area contributed by atoms with E-state index < -0.39 is 0 Å². The maximum Gasteiger partial charge on any atom is 0.261 e. The Labute approximate surface area is 91.4 Å². The summed E-state index contributed by atoms with van der Waals surface area (Å²) in [6.07, 6.45) is 4.21. The van der Waals surface area contributed by atoms with Crippen molar-refractivity contribution in [1.82, 2.24) is 15.3 Å². The lowest BCUT2D eigenvalue weighted by atomic mass is 10.4. The first kappa shape index (κ1) is 9.92. The molecule has 2 aromatic rings. The number of carbonyl (C=O) groups excluding carboxylic acids is 1. The van der Waals surface area contributed by atoms with Gasteiger partial charge in [-0.3, -0.25) is 4.79 Å². The Balaban J connectivity index is 1.77. The van der Waals surface area contributed by atoms with Crippen LogP contribution in [0.2, 0.25) is 0 Å². The van der Waals surface area contributed by atoms with Crippen LogP contribution in [-0.4, -0.2) is 22.4 Å². The summed E-state index contributed by atoms with van der Waals surface area (Å²) >= 11 is 1.44. The normalized spacial score (nSPS) is 10.1. The minimum atomic E-state index is -0.0171. The smallest absolute Gasteiger partial charge is 0.261 e. The van der Waals surface area contributed by atoms with Crippen molar-refractivity contribution >= 4 is 17.2 Å². The topological polar surface area (TPSA) is 57.8 Å². The molecule has 0 fully saturated rings. The maximum absolute atomic E-state index is 11.5. The molecule has 4 nitrogen and oxygen atoms in total. The lowest BCUT2D eigenvalue weighted by Crippen LogP contribution is -2.25. The minimum Gasteiger partial charge on any atom is -0.351 e. The molecule has 0 spiro atoms. The van der Waals surface area contributed by atoms with Gasteiger partial charge >= 0.3 is 0 Å². The molecule has 0 radical (unpaired) electrons. The molecule has 2 heterocycles. The summed E-state index contributed by atoms with van der Waals surface area (Å²) < 4.78 is 0. The van der Waals surface area contributed by atoms with Gasteiger partial charge in [0, 0.05) is 25.4 Å². The quantitative estimate of drug-likeness (QED) is 0.820. The summed E-state index contributed by atoms with van der Waals surface area (Å²) in [6.45, 7) is 0.601. The summed E-state index contributed by atoms with van der Waals surface area (Å²) in [5.74, 6) is 0.873. The fourth-order valence-electron chi connectivity index (χ4n) is 1.22. The highest BCUT2D eigenvalue weighted by Gasteiger charge is 2.05. The highest BCUT2D eigenvalue weighted by atomic mass is 32.1. The van der Waals surface area contributed by atoms with Crippen molar-refractivity contribution in [2.45, 2.75) is 6.42 Å². The van der Waals surface area contributed by atoms with Gasteiger partial charge in [0.1, 0.15) is 5.82 Å². The number of nitrogens with zero attached hydrogens (tertiary/aromatic N) is 1. The van der Waals surface area contributed by atoms with E-state index in [-0.39, 0.29) is 5.91 Å². The predicted octanol–water partition coefficient (Wildman–Crippen LogP) is 1.44. The number of thiophene rings is 1. The number of aromatic amines is 1. The molecule has 0 unspecified atom stereocenters. The number of amides is 1. The molecule has 0 atom stereocenters. The second kappa shape index (κ2) is 4.75. The molecule has 2 N–H and O–H groups in total. The monoisotopic (exact) mass is 221 g/mol. The summed E-state index contributed by atoms with van der Waals surface area (Å²) in [7, 11) is 0. The lowest BCUT2D eigenvalue weighted by Gasteiger charge is -2.01. The molecule has 0 bridgehead atoms. The van der Waals surface area contributed by atoms with E-state index in [4.69, 9.17) is 0 Å². The van der Waals surface area contributed by atoms with E-state index in [2.05, 4.69) is 15.3 Å². The van der Waals surface area contributed by atoms with Gasteiger partial charge < -0.3 is 10.3 Å². The predicted molar refractivity (Wildman–Crippen MR) is 58.9 cm³/mol. The van der Waals surface area contributed by atoms with Crippen LogP contribution in [0.25, 0.3) is 0 Å². The average molecular weight is 221 g/mol. The number of nitrogens with one attached hydrogen (secondary N) is 2. The van der Waals surface area contributed by atoms with Crippen LogP contribution in [0.15, 0.2) is 29.9 Å². The molecule has 0 aliphatic heterocycles. The van der Waals surface area contributed by atoms with Crippen LogP contribution < -0.4 is 5.32 Å². The zero-order valence-electron chi connectivity index (χ0n) is 8.06. The van der Waals surface area contributed by atoms with Crippen molar-refractivity contribution in [3.63, 3.8) is 0 Å². The third kappa shape index (κ3) is 2.66. The molecule has 2 rings (SSSR count). The zero-order valence-corrected chi connectivity index (χ0v) is 8.88. The molecule has 2 aromatic heterocycles. The van der Waals surface area contributed by atoms with Crippen LogP contribution in [0.1, 0.15) is 15.5 Å². The van der Waals surface area contributed by atoms with E-state index in [1.807, 2.05) is 17.5 Å². The van der Waals surface area contributed by atoms with Crippen molar-refractivity contribution in [3.8, 4) is 0 Å². The molecular formula is C10H11N3OS. The molecule has 1 amide bonds. The number of carbonyl (C=O) groups is 1. The van der Waals surface area contributed by atoms with E-state index in [0.717, 1.165) is 17.1 Å². The van der Waals surface area contributed by atoms with Gasteiger partial charge in [0.25, 0.3) is 5.91 Å². The van der Waals surface area contributed by atoms with Gasteiger partial charge in [-0.25, -0.2) is 4.98 Å². The highest BCUT2D eigenvalue weighted by molar-refractivity contribution is 7.12. The van der Waals surface area contributed by atoms with Crippen LogP contribution in [0.4, 0.5) is 0 Å². The number of H-pyrrole nitrogens is 1. The third-order valence-electron chi connectivity index (χ3n) is 1.95. The van der Waals surface area contributed by atoms with Crippen molar-refractivity contribution < 1.29 is 4.79 Å². The van der Waals surface area contributed by atoms with E-state index >= 15 is 0 Å². The van der Waals surface area contributed by atoms with Crippen molar-refractivity contribution in [3.05, 3.63) is 40.6 Å².